The summed E-state index contributed by atoms with van der Waals surface area (Å²) in [7, 11) is 0. The van der Waals surface area contributed by atoms with Crippen molar-refractivity contribution in [2.24, 2.45) is 5.10 Å². The molecule has 0 saturated carbocycles. The highest BCUT2D eigenvalue weighted by Gasteiger charge is 2.10. The van der Waals surface area contributed by atoms with Gasteiger partial charge in [-0.2, -0.15) is 5.10 Å². The number of nitrogens with zero attached hydrogens (tertiary/aromatic N) is 1. The molecule has 6 heteroatoms. The van der Waals surface area contributed by atoms with Crippen LogP contribution in [-0.2, 0) is 11.2 Å². The summed E-state index contributed by atoms with van der Waals surface area (Å²) in [4.78, 5) is 12.1. The summed E-state index contributed by atoms with van der Waals surface area (Å²) in [5, 5.41) is 16.2. The van der Waals surface area contributed by atoms with Gasteiger partial charge in [0.05, 0.1) is 12.8 Å². The normalized spacial score (nSPS) is 10.8. The lowest BCUT2D eigenvalue weighted by Gasteiger charge is -2.11. The maximum absolute atomic E-state index is 12.1. The first-order chi connectivity index (χ1) is 14.6. The van der Waals surface area contributed by atoms with Gasteiger partial charge in [-0.05, 0) is 42.5 Å². The van der Waals surface area contributed by atoms with Crippen LogP contribution in [0.4, 0.5) is 0 Å². The molecule has 0 atom stereocenters. The largest absolute Gasteiger partial charge is 0.504 e. The zero-order valence-corrected chi connectivity index (χ0v) is 16.8. The molecule has 3 aromatic rings. The average molecular weight is 404 g/mol. The molecule has 0 aliphatic heterocycles. The van der Waals surface area contributed by atoms with Gasteiger partial charge in [-0.1, -0.05) is 42.5 Å². The predicted octanol–water partition coefficient (Wildman–Crippen LogP) is 4.20. The van der Waals surface area contributed by atoms with E-state index in [1.54, 1.807) is 18.2 Å². The van der Waals surface area contributed by atoms with Crippen LogP contribution in [0, 0.1) is 0 Å². The predicted molar refractivity (Wildman–Crippen MR) is 118 cm³/mol. The molecule has 3 aromatic carbocycles. The van der Waals surface area contributed by atoms with Crippen molar-refractivity contribution in [3.63, 3.8) is 0 Å². The summed E-state index contributed by atoms with van der Waals surface area (Å²) >= 11 is 0. The molecule has 0 aliphatic carbocycles. The van der Waals surface area contributed by atoms with Crippen molar-refractivity contribution in [1.82, 2.24) is 5.43 Å². The minimum Gasteiger partial charge on any atom is -0.504 e. The Bertz CT molecular complexity index is 1070. The summed E-state index contributed by atoms with van der Waals surface area (Å²) in [6.07, 6.45) is 3.67. The van der Waals surface area contributed by atoms with E-state index in [9.17, 15) is 9.90 Å². The Morgan fingerprint density at radius 3 is 2.73 bits per heavy atom. The Balaban J connectivity index is 1.63. The Morgan fingerprint density at radius 2 is 1.93 bits per heavy atom. The van der Waals surface area contributed by atoms with Crippen LogP contribution in [0.15, 0.2) is 72.4 Å². The molecule has 1 amide bonds. The number of carbonyl (C=O) groups is 1. The number of hydrogen-bond acceptors (Lipinski definition) is 5. The molecule has 0 saturated heterocycles. The third-order valence-corrected chi connectivity index (χ3v) is 4.35. The quantitative estimate of drug-likeness (QED) is 0.318. The highest BCUT2D eigenvalue weighted by atomic mass is 16.5. The zero-order chi connectivity index (χ0) is 21.3. The Kier molecular flexibility index (Phi) is 7.05. The number of hydrogen-bond donors (Lipinski definition) is 2. The molecule has 0 heterocycles. The summed E-state index contributed by atoms with van der Waals surface area (Å²) in [5.41, 5.74) is 3.80. The van der Waals surface area contributed by atoms with Gasteiger partial charge in [0.25, 0.3) is 5.91 Å². The third-order valence-electron chi connectivity index (χ3n) is 4.35. The number of phenolic OH excluding ortho intramolecular Hbond substituents is 1. The molecule has 0 bridgehead atoms. The van der Waals surface area contributed by atoms with Gasteiger partial charge < -0.3 is 14.6 Å². The Hall–Kier alpha value is -3.80. The molecule has 30 heavy (non-hydrogen) atoms. The lowest BCUT2D eigenvalue weighted by molar-refractivity contribution is -0.123. The first-order valence-electron chi connectivity index (χ1n) is 9.64. The van der Waals surface area contributed by atoms with E-state index in [1.165, 1.54) is 6.21 Å². The van der Waals surface area contributed by atoms with E-state index in [0.29, 0.717) is 35.7 Å². The number of nitrogens with one attached hydrogen (secondary N) is 1. The van der Waals surface area contributed by atoms with Gasteiger partial charge in [0.2, 0.25) is 0 Å². The molecule has 0 aromatic heterocycles. The van der Waals surface area contributed by atoms with Crippen LogP contribution >= 0.6 is 0 Å². The maximum atomic E-state index is 12.1. The summed E-state index contributed by atoms with van der Waals surface area (Å²) < 4.78 is 11.1. The van der Waals surface area contributed by atoms with Crippen molar-refractivity contribution in [1.29, 1.82) is 0 Å². The van der Waals surface area contributed by atoms with Crippen LogP contribution in [-0.4, -0.2) is 30.4 Å². The van der Waals surface area contributed by atoms with Crippen molar-refractivity contribution in [2.45, 2.75) is 13.3 Å². The maximum Gasteiger partial charge on any atom is 0.277 e. The van der Waals surface area contributed by atoms with Gasteiger partial charge in [-0.3, -0.25) is 4.79 Å². The minimum absolute atomic E-state index is 0.0847. The van der Waals surface area contributed by atoms with Gasteiger partial charge in [0.1, 0.15) is 5.75 Å². The number of aromatic hydroxyl groups is 1. The molecule has 0 radical (unpaired) electrons. The minimum atomic E-state index is -0.380. The average Bonchev–Trinajstić information content (AvgIpc) is 2.75. The summed E-state index contributed by atoms with van der Waals surface area (Å²) in [6.45, 7) is 5.79. The molecule has 0 aliphatic rings. The van der Waals surface area contributed by atoms with Crippen molar-refractivity contribution in [3.05, 3.63) is 78.4 Å². The molecule has 6 nitrogen and oxygen atoms in total. The van der Waals surface area contributed by atoms with Gasteiger partial charge in [-0.25, -0.2) is 5.43 Å². The van der Waals surface area contributed by atoms with Crippen molar-refractivity contribution < 1.29 is 19.4 Å². The van der Waals surface area contributed by atoms with E-state index in [4.69, 9.17) is 9.47 Å². The Morgan fingerprint density at radius 1 is 1.13 bits per heavy atom. The van der Waals surface area contributed by atoms with E-state index in [0.717, 1.165) is 10.8 Å². The van der Waals surface area contributed by atoms with Gasteiger partial charge in [0, 0.05) is 10.9 Å². The number of phenols is 1. The fraction of sp³-hybridized carbons (Fsp3) is 0.167. The number of benzene rings is 3. The molecule has 0 fully saturated rings. The first kappa shape index (κ1) is 20.9. The number of ether oxygens (including phenoxy) is 2. The number of fused-ring (bicyclic) bond motifs is 1. The number of allylic oxidation sites excluding steroid dienone is 1. The van der Waals surface area contributed by atoms with Crippen LogP contribution < -0.4 is 14.9 Å². The smallest absolute Gasteiger partial charge is 0.277 e. The van der Waals surface area contributed by atoms with Gasteiger partial charge >= 0.3 is 0 Å². The molecular formula is C24H24N2O4. The fourth-order valence-corrected chi connectivity index (χ4v) is 3.02. The van der Waals surface area contributed by atoms with E-state index in [1.807, 2.05) is 49.4 Å². The number of hydrazone groups is 1. The lowest BCUT2D eigenvalue weighted by atomic mass is 10.1. The van der Waals surface area contributed by atoms with Crippen LogP contribution in [0.25, 0.3) is 10.8 Å². The van der Waals surface area contributed by atoms with Gasteiger partial charge in [-0.15, -0.1) is 6.58 Å². The highest BCUT2D eigenvalue weighted by molar-refractivity contribution is 5.89. The molecule has 154 valence electrons. The second-order valence-electron chi connectivity index (χ2n) is 6.51. The molecule has 3 rings (SSSR count). The van der Waals surface area contributed by atoms with Crippen LogP contribution in [0.1, 0.15) is 18.1 Å². The van der Waals surface area contributed by atoms with Crippen molar-refractivity contribution >= 4 is 22.9 Å². The molecule has 0 spiro atoms. The van der Waals surface area contributed by atoms with E-state index in [-0.39, 0.29) is 18.3 Å². The van der Waals surface area contributed by atoms with E-state index >= 15 is 0 Å². The Labute approximate surface area is 175 Å². The number of amides is 1. The lowest BCUT2D eigenvalue weighted by Crippen LogP contribution is -2.24. The third kappa shape index (κ3) is 5.17. The standard InChI is InChI=1S/C24H24N2O4/c1-3-8-19-13-17(14-22(24(19)28)29-4-2)15-25-26-23(27)16-30-21-12-7-10-18-9-5-6-11-20(18)21/h3,5-7,9-15,28H,1,4,8,16H2,2H3,(H,26,27). The fourth-order valence-electron chi connectivity index (χ4n) is 3.02. The number of carbonyl (C=O) groups excluding carboxylic acids is 1. The first-order valence-corrected chi connectivity index (χ1v) is 9.64. The highest BCUT2D eigenvalue weighted by Crippen LogP contribution is 2.32. The SMILES string of the molecule is C=CCc1cc(C=NNC(=O)COc2cccc3ccccc23)cc(OCC)c1O. The van der Waals surface area contributed by atoms with Crippen LogP contribution in [0.5, 0.6) is 17.2 Å². The zero-order valence-electron chi connectivity index (χ0n) is 16.8. The second kappa shape index (κ2) is 10.1. The van der Waals surface area contributed by atoms with Crippen LogP contribution in [0.3, 0.4) is 0 Å². The molecule has 2 N–H and O–H groups in total. The summed E-state index contributed by atoms with van der Waals surface area (Å²) in [5.74, 6) is 0.709. The van der Waals surface area contributed by atoms with E-state index < -0.39 is 0 Å². The summed E-state index contributed by atoms with van der Waals surface area (Å²) in [6, 6.07) is 16.9. The van der Waals surface area contributed by atoms with E-state index in [2.05, 4.69) is 17.1 Å². The second-order valence-corrected chi connectivity index (χ2v) is 6.51. The van der Waals surface area contributed by atoms with Crippen molar-refractivity contribution in [2.75, 3.05) is 13.2 Å². The molecule has 0 unspecified atom stereocenters. The van der Waals surface area contributed by atoms with Crippen LogP contribution in [0.2, 0.25) is 0 Å². The van der Waals surface area contributed by atoms with Crippen molar-refractivity contribution in [3.8, 4) is 17.2 Å². The van der Waals surface area contributed by atoms with Gasteiger partial charge in [0.15, 0.2) is 18.1 Å². The topological polar surface area (TPSA) is 80.2 Å². The molecular weight excluding hydrogens is 380 g/mol. The monoisotopic (exact) mass is 404 g/mol. The number of rotatable bonds is 9.